The van der Waals surface area contributed by atoms with Crippen molar-refractivity contribution >= 4 is 40.2 Å². The Morgan fingerprint density at radius 2 is 1.89 bits per heavy atom. The summed E-state index contributed by atoms with van der Waals surface area (Å²) in [6, 6.07) is 0. The Morgan fingerprint density at radius 1 is 1.26 bits per heavy atom. The van der Waals surface area contributed by atoms with Crippen LogP contribution in [0.5, 0.6) is 0 Å². The van der Waals surface area contributed by atoms with E-state index in [1.807, 2.05) is 6.92 Å². The van der Waals surface area contributed by atoms with Crippen LogP contribution in [-0.2, 0) is 30.5 Å². The van der Waals surface area contributed by atoms with E-state index in [4.69, 9.17) is 4.74 Å². The SMILES string of the molecule is CCN(C(C)=O)c1nc(COC(=O)CN2C(=O)C3CCCCC3C2=O)cs1. The van der Waals surface area contributed by atoms with Crippen LogP contribution in [-0.4, -0.2) is 46.7 Å². The largest absolute Gasteiger partial charge is 0.458 e. The van der Waals surface area contributed by atoms with Gasteiger partial charge in [0.2, 0.25) is 17.7 Å². The summed E-state index contributed by atoms with van der Waals surface area (Å²) in [5.41, 5.74) is 0.524. The Hall–Kier alpha value is -2.29. The molecule has 2 heterocycles. The van der Waals surface area contributed by atoms with Crippen LogP contribution in [0, 0.1) is 11.8 Å². The van der Waals surface area contributed by atoms with Gasteiger partial charge in [-0.1, -0.05) is 12.8 Å². The van der Waals surface area contributed by atoms with Gasteiger partial charge < -0.3 is 4.74 Å². The molecule has 2 aliphatic rings. The lowest BCUT2D eigenvalue weighted by Crippen LogP contribution is -2.36. The van der Waals surface area contributed by atoms with Crippen molar-refractivity contribution in [2.24, 2.45) is 11.8 Å². The Labute approximate surface area is 161 Å². The fraction of sp³-hybridized carbons (Fsp3) is 0.611. The van der Waals surface area contributed by atoms with E-state index in [1.165, 1.54) is 23.2 Å². The zero-order chi connectivity index (χ0) is 19.6. The van der Waals surface area contributed by atoms with Crippen molar-refractivity contribution in [3.63, 3.8) is 0 Å². The molecule has 1 aromatic rings. The third-order valence-corrected chi connectivity index (χ3v) is 5.98. The van der Waals surface area contributed by atoms with Crippen molar-refractivity contribution in [3.8, 4) is 0 Å². The Kier molecular flexibility index (Phi) is 5.88. The second-order valence-electron chi connectivity index (χ2n) is 6.81. The van der Waals surface area contributed by atoms with Crippen LogP contribution in [0.2, 0.25) is 0 Å². The molecule has 27 heavy (non-hydrogen) atoms. The lowest BCUT2D eigenvalue weighted by atomic mass is 9.81. The molecule has 0 spiro atoms. The molecule has 0 N–H and O–H groups in total. The average Bonchev–Trinajstić information content (AvgIpc) is 3.20. The number of fused-ring (bicyclic) bond motifs is 1. The molecule has 1 aromatic heterocycles. The van der Waals surface area contributed by atoms with E-state index in [1.54, 1.807) is 5.38 Å². The summed E-state index contributed by atoms with van der Waals surface area (Å²) < 4.78 is 5.18. The number of amides is 3. The zero-order valence-electron chi connectivity index (χ0n) is 15.5. The number of thiazole rings is 1. The van der Waals surface area contributed by atoms with Gasteiger partial charge in [0.1, 0.15) is 13.2 Å². The number of carbonyl (C=O) groups excluding carboxylic acids is 4. The first-order valence-corrected chi connectivity index (χ1v) is 10.0. The van der Waals surface area contributed by atoms with Gasteiger partial charge in [-0.2, -0.15) is 0 Å². The van der Waals surface area contributed by atoms with Crippen LogP contribution in [0.1, 0.15) is 45.2 Å². The van der Waals surface area contributed by atoms with Crippen molar-refractivity contribution in [2.75, 3.05) is 18.0 Å². The van der Waals surface area contributed by atoms with Crippen LogP contribution in [0.25, 0.3) is 0 Å². The van der Waals surface area contributed by atoms with Gasteiger partial charge >= 0.3 is 5.97 Å². The standard InChI is InChI=1S/C18H23N3O5S/c1-3-20(11(2)22)18-19-12(10-27-18)9-26-15(23)8-21-16(24)13-6-4-5-7-14(13)17(21)25/h10,13-14H,3-9H2,1-2H3. The molecule has 2 fully saturated rings. The summed E-state index contributed by atoms with van der Waals surface area (Å²) >= 11 is 1.29. The predicted octanol–water partition coefficient (Wildman–Crippen LogP) is 1.73. The molecule has 2 atom stereocenters. The van der Waals surface area contributed by atoms with Gasteiger partial charge in [-0.25, -0.2) is 4.98 Å². The van der Waals surface area contributed by atoms with E-state index in [2.05, 4.69) is 4.98 Å². The smallest absolute Gasteiger partial charge is 0.326 e. The van der Waals surface area contributed by atoms with Crippen molar-refractivity contribution in [3.05, 3.63) is 11.1 Å². The van der Waals surface area contributed by atoms with Gasteiger partial charge in [-0.15, -0.1) is 11.3 Å². The molecule has 0 radical (unpaired) electrons. The van der Waals surface area contributed by atoms with E-state index >= 15 is 0 Å². The van der Waals surface area contributed by atoms with Crippen LogP contribution in [0.15, 0.2) is 5.38 Å². The third kappa shape index (κ3) is 4.02. The van der Waals surface area contributed by atoms with E-state index < -0.39 is 5.97 Å². The number of aromatic nitrogens is 1. The molecular weight excluding hydrogens is 370 g/mol. The highest BCUT2D eigenvalue weighted by Crippen LogP contribution is 2.37. The molecule has 8 nitrogen and oxygen atoms in total. The summed E-state index contributed by atoms with van der Waals surface area (Å²) in [5.74, 6) is -1.79. The molecule has 3 rings (SSSR count). The summed E-state index contributed by atoms with van der Waals surface area (Å²) in [6.45, 7) is 3.41. The first kappa shape index (κ1) is 19.5. The minimum absolute atomic E-state index is 0.0616. The highest BCUT2D eigenvalue weighted by Gasteiger charge is 2.48. The second kappa shape index (κ2) is 8.16. The zero-order valence-corrected chi connectivity index (χ0v) is 16.3. The highest BCUT2D eigenvalue weighted by atomic mass is 32.1. The maximum atomic E-state index is 12.4. The minimum atomic E-state index is -0.635. The molecule has 146 valence electrons. The van der Waals surface area contributed by atoms with E-state index in [9.17, 15) is 19.2 Å². The quantitative estimate of drug-likeness (QED) is 0.539. The molecule has 9 heteroatoms. The number of nitrogens with zero attached hydrogens (tertiary/aromatic N) is 3. The van der Waals surface area contributed by atoms with Crippen LogP contribution < -0.4 is 4.90 Å². The molecule has 3 amide bonds. The monoisotopic (exact) mass is 393 g/mol. The lowest BCUT2D eigenvalue weighted by Gasteiger charge is -2.19. The number of hydrogen-bond acceptors (Lipinski definition) is 7. The summed E-state index contributed by atoms with van der Waals surface area (Å²) in [7, 11) is 0. The van der Waals surface area contributed by atoms with Crippen LogP contribution in [0.3, 0.4) is 0 Å². The molecule has 0 bridgehead atoms. The maximum Gasteiger partial charge on any atom is 0.326 e. The summed E-state index contributed by atoms with van der Waals surface area (Å²) in [6.07, 6.45) is 3.32. The Balaban J connectivity index is 1.54. The maximum absolute atomic E-state index is 12.4. The molecule has 0 aromatic carbocycles. The highest BCUT2D eigenvalue weighted by molar-refractivity contribution is 7.14. The number of esters is 1. The first-order valence-electron chi connectivity index (χ1n) is 9.15. The van der Waals surface area contributed by atoms with Gasteiger partial charge in [0.25, 0.3) is 0 Å². The van der Waals surface area contributed by atoms with Gasteiger partial charge in [-0.3, -0.25) is 29.0 Å². The second-order valence-corrected chi connectivity index (χ2v) is 7.64. The van der Waals surface area contributed by atoms with Crippen LogP contribution in [0.4, 0.5) is 5.13 Å². The normalized spacial score (nSPS) is 21.9. The number of hydrogen-bond donors (Lipinski definition) is 0. The molecule has 1 saturated carbocycles. The average molecular weight is 393 g/mol. The van der Waals surface area contributed by atoms with Crippen molar-refractivity contribution < 1.29 is 23.9 Å². The van der Waals surface area contributed by atoms with Gasteiger partial charge in [0, 0.05) is 18.8 Å². The molecule has 2 unspecified atom stereocenters. The predicted molar refractivity (Wildman–Crippen MR) is 97.8 cm³/mol. The van der Waals surface area contributed by atoms with Gasteiger partial charge in [0.05, 0.1) is 17.5 Å². The third-order valence-electron chi connectivity index (χ3n) is 5.07. The van der Waals surface area contributed by atoms with Gasteiger partial charge in [0.15, 0.2) is 5.13 Å². The Morgan fingerprint density at radius 3 is 2.44 bits per heavy atom. The topological polar surface area (TPSA) is 96.9 Å². The Bertz CT molecular complexity index is 738. The molecular formula is C18H23N3O5S. The fourth-order valence-corrected chi connectivity index (χ4v) is 4.61. The number of likely N-dealkylation sites (tertiary alicyclic amines) is 1. The first-order chi connectivity index (χ1) is 12.9. The minimum Gasteiger partial charge on any atom is -0.458 e. The van der Waals surface area contributed by atoms with Gasteiger partial charge in [-0.05, 0) is 19.8 Å². The number of imide groups is 1. The fourth-order valence-electron chi connectivity index (χ4n) is 3.70. The number of anilines is 1. The van der Waals surface area contributed by atoms with Crippen molar-refractivity contribution in [2.45, 2.75) is 46.1 Å². The number of carbonyl (C=O) groups is 4. The molecule has 1 aliphatic heterocycles. The van der Waals surface area contributed by atoms with E-state index in [-0.39, 0.29) is 42.7 Å². The number of ether oxygens (including phenoxy) is 1. The van der Waals surface area contributed by atoms with Crippen LogP contribution >= 0.6 is 11.3 Å². The molecule has 1 saturated heterocycles. The van der Waals surface area contributed by atoms with E-state index in [0.29, 0.717) is 30.2 Å². The van der Waals surface area contributed by atoms with Crippen molar-refractivity contribution in [1.82, 2.24) is 9.88 Å². The molecule has 1 aliphatic carbocycles. The van der Waals surface area contributed by atoms with E-state index in [0.717, 1.165) is 17.7 Å². The summed E-state index contributed by atoms with van der Waals surface area (Å²) in [5, 5.41) is 2.26. The summed E-state index contributed by atoms with van der Waals surface area (Å²) in [4.78, 5) is 55.3. The number of rotatable bonds is 6. The lowest BCUT2D eigenvalue weighted by molar-refractivity contribution is -0.153. The van der Waals surface area contributed by atoms with Crippen molar-refractivity contribution in [1.29, 1.82) is 0 Å².